The lowest BCUT2D eigenvalue weighted by Crippen LogP contribution is -2.35. The molecule has 2 aromatic heterocycles. The van der Waals surface area contributed by atoms with Gasteiger partial charge in [0.05, 0.1) is 17.1 Å². The first-order valence-corrected chi connectivity index (χ1v) is 14.7. The molecule has 4 aromatic carbocycles. The fraction of sp³-hybridized carbons (Fsp3) is 0.118. The molecule has 2 unspecified atom stereocenters. The van der Waals surface area contributed by atoms with E-state index in [0.717, 1.165) is 10.4 Å². The molecule has 202 valence electrons. The van der Waals surface area contributed by atoms with Crippen molar-refractivity contribution in [2.75, 3.05) is 7.05 Å². The predicted octanol–water partition coefficient (Wildman–Crippen LogP) is 8.21. The Bertz CT molecular complexity index is 1890. The van der Waals surface area contributed by atoms with Gasteiger partial charge in [0.15, 0.2) is 0 Å². The highest BCUT2D eigenvalue weighted by Crippen LogP contribution is 2.48. The first kappa shape index (κ1) is 25.7. The van der Waals surface area contributed by atoms with Crippen LogP contribution in [0, 0.1) is 0 Å². The maximum absolute atomic E-state index is 14.5. The van der Waals surface area contributed by atoms with Gasteiger partial charge < -0.3 is 4.74 Å². The molecule has 0 N–H and O–H groups in total. The van der Waals surface area contributed by atoms with E-state index in [1.807, 2.05) is 42.5 Å². The van der Waals surface area contributed by atoms with Crippen molar-refractivity contribution in [3.05, 3.63) is 152 Å². The first-order chi connectivity index (χ1) is 20.1. The highest BCUT2D eigenvalue weighted by molar-refractivity contribution is 7.19. The molecular weight excluding hydrogens is 550 g/mol. The summed E-state index contributed by atoms with van der Waals surface area (Å²) >= 11 is 7.69. The van der Waals surface area contributed by atoms with Crippen molar-refractivity contribution >= 4 is 33.2 Å². The van der Waals surface area contributed by atoms with Crippen molar-refractivity contribution in [2.45, 2.75) is 18.5 Å². The Balaban J connectivity index is 1.48. The van der Waals surface area contributed by atoms with Crippen LogP contribution in [0.5, 0.6) is 11.8 Å². The summed E-state index contributed by atoms with van der Waals surface area (Å²) in [7, 11) is 2.17. The third kappa shape index (κ3) is 4.64. The molecule has 0 aliphatic carbocycles. The van der Waals surface area contributed by atoms with Gasteiger partial charge in [-0.15, -0.1) is 11.3 Å². The molecule has 6 aromatic rings. The van der Waals surface area contributed by atoms with Crippen molar-refractivity contribution < 1.29 is 4.74 Å². The Kier molecular flexibility index (Phi) is 6.67. The van der Waals surface area contributed by atoms with Gasteiger partial charge in [0.25, 0.3) is 5.56 Å². The van der Waals surface area contributed by atoms with Crippen LogP contribution in [0.25, 0.3) is 15.9 Å². The summed E-state index contributed by atoms with van der Waals surface area (Å²) in [6.45, 7) is 0. The molecular formula is C34H26ClN3O2S. The molecule has 0 fully saturated rings. The zero-order valence-corrected chi connectivity index (χ0v) is 23.8. The van der Waals surface area contributed by atoms with Gasteiger partial charge in [-0.2, -0.15) is 4.98 Å². The van der Waals surface area contributed by atoms with Crippen molar-refractivity contribution in [3.63, 3.8) is 0 Å². The van der Waals surface area contributed by atoms with E-state index < -0.39 is 0 Å². The normalized spacial score (nSPS) is 16.9. The standard InChI is InChI=1S/C34H26ClN3O2S/c1-37-28(22-11-5-2-6-12-22)21-27-29-32(41-31(27)30(37)23-13-7-3-8-14-23)36-34(40-26-19-17-24(35)18-20-26)38(33(29)39)25-15-9-4-10-16-25/h2-20,28,30H,21H2,1H3. The molecule has 5 nitrogen and oxygen atoms in total. The number of ether oxygens (including phenoxy) is 1. The van der Waals surface area contributed by atoms with E-state index in [4.69, 9.17) is 21.3 Å². The number of halogens is 1. The minimum atomic E-state index is -0.133. The van der Waals surface area contributed by atoms with E-state index in [-0.39, 0.29) is 23.7 Å². The summed E-state index contributed by atoms with van der Waals surface area (Å²) in [6.07, 6.45) is 0.711. The predicted molar refractivity (Wildman–Crippen MR) is 166 cm³/mol. The van der Waals surface area contributed by atoms with Gasteiger partial charge in [-0.05, 0) is 66.6 Å². The summed E-state index contributed by atoms with van der Waals surface area (Å²) in [5.41, 5.74) is 4.03. The van der Waals surface area contributed by atoms with E-state index in [1.165, 1.54) is 11.1 Å². The summed E-state index contributed by atoms with van der Waals surface area (Å²) in [4.78, 5) is 23.8. The number of benzene rings is 4. The van der Waals surface area contributed by atoms with Crippen LogP contribution in [0.1, 0.15) is 33.7 Å². The number of likely N-dealkylation sites (N-methyl/N-ethyl adjacent to an activating group) is 1. The number of aromatic nitrogens is 2. The zero-order chi connectivity index (χ0) is 27.9. The Morgan fingerprint density at radius 1 is 0.829 bits per heavy atom. The van der Waals surface area contributed by atoms with Gasteiger partial charge in [0.2, 0.25) is 0 Å². The van der Waals surface area contributed by atoms with E-state index in [0.29, 0.717) is 33.1 Å². The molecule has 0 saturated carbocycles. The number of fused-ring (bicyclic) bond motifs is 3. The molecule has 1 aliphatic rings. The summed E-state index contributed by atoms with van der Waals surface area (Å²) in [6, 6.07) is 37.9. The first-order valence-electron chi connectivity index (χ1n) is 13.5. The van der Waals surface area contributed by atoms with Crippen LogP contribution in [0.15, 0.2) is 120 Å². The van der Waals surface area contributed by atoms with Gasteiger partial charge in [0, 0.05) is 15.9 Å². The molecule has 0 amide bonds. The third-order valence-corrected chi connectivity index (χ3v) is 9.14. The highest BCUT2D eigenvalue weighted by Gasteiger charge is 2.38. The van der Waals surface area contributed by atoms with Crippen molar-refractivity contribution in [2.24, 2.45) is 0 Å². The minimum Gasteiger partial charge on any atom is -0.425 e. The van der Waals surface area contributed by atoms with Gasteiger partial charge in [-0.1, -0.05) is 90.5 Å². The number of thiophene rings is 1. The largest absolute Gasteiger partial charge is 0.425 e. The van der Waals surface area contributed by atoms with Crippen LogP contribution in [0.3, 0.4) is 0 Å². The fourth-order valence-electron chi connectivity index (χ4n) is 5.76. The van der Waals surface area contributed by atoms with Crippen molar-refractivity contribution in [1.29, 1.82) is 0 Å². The van der Waals surface area contributed by atoms with Gasteiger partial charge >= 0.3 is 6.01 Å². The van der Waals surface area contributed by atoms with Crippen molar-refractivity contribution in [1.82, 2.24) is 14.5 Å². The van der Waals surface area contributed by atoms with Crippen molar-refractivity contribution in [3.8, 4) is 17.4 Å². The Labute approximate surface area is 246 Å². The second-order valence-corrected chi connectivity index (χ2v) is 11.6. The van der Waals surface area contributed by atoms with Crippen LogP contribution >= 0.6 is 22.9 Å². The number of hydrogen-bond acceptors (Lipinski definition) is 5. The molecule has 3 heterocycles. The maximum atomic E-state index is 14.5. The average Bonchev–Trinajstić information content (AvgIpc) is 3.37. The molecule has 0 saturated heterocycles. The Hall–Kier alpha value is -4.23. The lowest BCUT2D eigenvalue weighted by molar-refractivity contribution is 0.185. The number of hydrogen-bond donors (Lipinski definition) is 0. The molecule has 7 rings (SSSR count). The second kappa shape index (κ2) is 10.6. The fourth-order valence-corrected chi connectivity index (χ4v) is 7.25. The van der Waals surface area contributed by atoms with Gasteiger partial charge in [0.1, 0.15) is 10.6 Å². The monoisotopic (exact) mass is 575 g/mol. The number of para-hydroxylation sites is 1. The van der Waals surface area contributed by atoms with E-state index in [9.17, 15) is 4.79 Å². The maximum Gasteiger partial charge on any atom is 0.310 e. The number of nitrogens with zero attached hydrogens (tertiary/aromatic N) is 3. The molecule has 0 radical (unpaired) electrons. The molecule has 0 spiro atoms. The van der Waals surface area contributed by atoms with Crippen LogP contribution in [0.4, 0.5) is 0 Å². The quantitative estimate of drug-likeness (QED) is 0.208. The van der Waals surface area contributed by atoms with Crippen LogP contribution in [0.2, 0.25) is 5.02 Å². The molecule has 7 heteroatoms. The highest BCUT2D eigenvalue weighted by atomic mass is 35.5. The summed E-state index contributed by atoms with van der Waals surface area (Å²) in [5, 5.41) is 1.27. The second-order valence-electron chi connectivity index (χ2n) is 10.2. The Morgan fingerprint density at radius 2 is 1.44 bits per heavy atom. The van der Waals surface area contributed by atoms with E-state index in [2.05, 4.69) is 60.5 Å². The summed E-state index contributed by atoms with van der Waals surface area (Å²) in [5.74, 6) is 0.553. The summed E-state index contributed by atoms with van der Waals surface area (Å²) < 4.78 is 7.83. The third-order valence-electron chi connectivity index (χ3n) is 7.71. The molecule has 41 heavy (non-hydrogen) atoms. The molecule has 0 bridgehead atoms. The molecule has 2 atom stereocenters. The Morgan fingerprint density at radius 3 is 2.10 bits per heavy atom. The zero-order valence-electron chi connectivity index (χ0n) is 22.3. The average molecular weight is 576 g/mol. The van der Waals surface area contributed by atoms with Crippen LogP contribution in [-0.4, -0.2) is 21.5 Å². The van der Waals surface area contributed by atoms with Crippen LogP contribution in [-0.2, 0) is 6.42 Å². The topological polar surface area (TPSA) is 47.4 Å². The SMILES string of the molecule is CN1C(c2ccccc2)Cc2c(sc3nc(Oc4ccc(Cl)cc4)n(-c4ccccc4)c(=O)c23)C1c1ccccc1. The smallest absolute Gasteiger partial charge is 0.310 e. The van der Waals surface area contributed by atoms with E-state index in [1.54, 1.807) is 40.2 Å². The molecule has 1 aliphatic heterocycles. The van der Waals surface area contributed by atoms with Gasteiger partial charge in [-0.3, -0.25) is 9.69 Å². The lowest BCUT2D eigenvalue weighted by Gasteiger charge is -2.40. The van der Waals surface area contributed by atoms with Crippen LogP contribution < -0.4 is 10.3 Å². The minimum absolute atomic E-state index is 0.0189. The number of rotatable bonds is 5. The van der Waals surface area contributed by atoms with E-state index >= 15 is 0 Å². The van der Waals surface area contributed by atoms with Gasteiger partial charge in [-0.25, -0.2) is 4.57 Å². The lowest BCUT2D eigenvalue weighted by atomic mass is 9.87.